The van der Waals surface area contributed by atoms with Gasteiger partial charge in [0.15, 0.2) is 0 Å². The number of nitrogens with zero attached hydrogens (tertiary/aromatic N) is 1. The maximum absolute atomic E-state index is 8.53. The quantitative estimate of drug-likeness (QED) is 0.595. The lowest BCUT2D eigenvalue weighted by Crippen LogP contribution is -2.35. The number of hydrogen-bond acceptors (Lipinski definition) is 4. The molecule has 1 atom stereocenters. The van der Waals surface area contributed by atoms with Crippen LogP contribution in [0.2, 0.25) is 0 Å². The first-order valence-corrected chi connectivity index (χ1v) is 6.40. The molecule has 0 aromatic carbocycles. The lowest BCUT2D eigenvalue weighted by Gasteiger charge is -2.20. The fraction of sp³-hybridized carbons (Fsp3) is 1.00. The number of aliphatic hydroxyl groups is 1. The van der Waals surface area contributed by atoms with E-state index in [4.69, 9.17) is 9.84 Å². The van der Waals surface area contributed by atoms with Crippen molar-refractivity contribution in [2.45, 2.75) is 38.8 Å². The molecule has 16 heavy (non-hydrogen) atoms. The standard InChI is InChI=1S/C12H26N2O2/c1-11(2)14-6-4-12(10-14)13-5-3-8-16-9-7-15/h11-13,15H,3-10H2,1-2H3. The second-order valence-corrected chi connectivity index (χ2v) is 4.72. The van der Waals surface area contributed by atoms with Gasteiger partial charge in [-0.2, -0.15) is 0 Å². The van der Waals surface area contributed by atoms with Crippen LogP contribution < -0.4 is 5.32 Å². The molecule has 2 N–H and O–H groups in total. The minimum atomic E-state index is 0.124. The Labute approximate surface area is 99.0 Å². The summed E-state index contributed by atoms with van der Waals surface area (Å²) in [6, 6.07) is 1.32. The summed E-state index contributed by atoms with van der Waals surface area (Å²) in [6.45, 7) is 9.25. The summed E-state index contributed by atoms with van der Waals surface area (Å²) in [5, 5.41) is 12.1. The molecule has 1 saturated heterocycles. The molecule has 0 saturated carbocycles. The minimum absolute atomic E-state index is 0.124. The van der Waals surface area contributed by atoms with Crippen molar-refractivity contribution >= 4 is 0 Å². The van der Waals surface area contributed by atoms with Gasteiger partial charge in [-0.25, -0.2) is 0 Å². The summed E-state index contributed by atoms with van der Waals surface area (Å²) in [7, 11) is 0. The zero-order valence-corrected chi connectivity index (χ0v) is 10.6. The zero-order chi connectivity index (χ0) is 11.8. The normalized spacial score (nSPS) is 22.1. The highest BCUT2D eigenvalue weighted by atomic mass is 16.5. The monoisotopic (exact) mass is 230 g/mol. The maximum Gasteiger partial charge on any atom is 0.0697 e. The van der Waals surface area contributed by atoms with Crippen molar-refractivity contribution in [3.63, 3.8) is 0 Å². The minimum Gasteiger partial charge on any atom is -0.394 e. The maximum atomic E-state index is 8.53. The fourth-order valence-corrected chi connectivity index (χ4v) is 2.07. The van der Waals surface area contributed by atoms with Crippen molar-refractivity contribution in [1.82, 2.24) is 10.2 Å². The smallest absolute Gasteiger partial charge is 0.0697 e. The van der Waals surface area contributed by atoms with Gasteiger partial charge in [0.1, 0.15) is 0 Å². The molecular formula is C12H26N2O2. The van der Waals surface area contributed by atoms with Crippen LogP contribution in [0.4, 0.5) is 0 Å². The van der Waals surface area contributed by atoms with Crippen molar-refractivity contribution in [1.29, 1.82) is 0 Å². The SMILES string of the molecule is CC(C)N1CCC(NCCCOCCO)C1. The first-order chi connectivity index (χ1) is 7.74. The van der Waals surface area contributed by atoms with Crippen molar-refractivity contribution in [3.8, 4) is 0 Å². The van der Waals surface area contributed by atoms with E-state index in [-0.39, 0.29) is 6.61 Å². The van der Waals surface area contributed by atoms with Crippen LogP contribution in [-0.4, -0.2) is 61.5 Å². The lowest BCUT2D eigenvalue weighted by atomic mass is 10.2. The molecule has 96 valence electrons. The van der Waals surface area contributed by atoms with Crippen LogP contribution in [0.25, 0.3) is 0 Å². The Balaban J connectivity index is 1.94. The third-order valence-electron chi connectivity index (χ3n) is 3.08. The van der Waals surface area contributed by atoms with Crippen molar-refractivity contribution in [3.05, 3.63) is 0 Å². The number of likely N-dealkylation sites (tertiary alicyclic amines) is 1. The molecular weight excluding hydrogens is 204 g/mol. The topological polar surface area (TPSA) is 44.7 Å². The molecule has 1 aliphatic heterocycles. The van der Waals surface area contributed by atoms with Crippen LogP contribution in [0.15, 0.2) is 0 Å². The van der Waals surface area contributed by atoms with E-state index >= 15 is 0 Å². The van der Waals surface area contributed by atoms with Gasteiger partial charge in [-0.05, 0) is 39.8 Å². The van der Waals surface area contributed by atoms with Gasteiger partial charge in [-0.15, -0.1) is 0 Å². The Hall–Kier alpha value is -0.160. The van der Waals surface area contributed by atoms with Crippen LogP contribution in [-0.2, 0) is 4.74 Å². The van der Waals surface area contributed by atoms with Gasteiger partial charge in [-0.3, -0.25) is 4.90 Å². The van der Waals surface area contributed by atoms with Gasteiger partial charge in [0.25, 0.3) is 0 Å². The van der Waals surface area contributed by atoms with E-state index in [2.05, 4.69) is 24.1 Å². The van der Waals surface area contributed by atoms with Gasteiger partial charge in [0.05, 0.1) is 13.2 Å². The molecule has 1 heterocycles. The molecule has 0 aromatic heterocycles. The molecule has 1 aliphatic rings. The zero-order valence-electron chi connectivity index (χ0n) is 10.6. The Kier molecular flexibility index (Phi) is 6.96. The van der Waals surface area contributed by atoms with E-state index in [1.54, 1.807) is 0 Å². The molecule has 0 amide bonds. The number of ether oxygens (including phenoxy) is 1. The Bertz CT molecular complexity index is 176. The molecule has 0 aromatic rings. The van der Waals surface area contributed by atoms with Gasteiger partial charge in [-0.1, -0.05) is 0 Å². The summed E-state index contributed by atoms with van der Waals surface area (Å²) >= 11 is 0. The largest absolute Gasteiger partial charge is 0.394 e. The molecule has 1 fully saturated rings. The molecule has 0 aliphatic carbocycles. The van der Waals surface area contributed by atoms with Crippen LogP contribution in [0.3, 0.4) is 0 Å². The van der Waals surface area contributed by atoms with Crippen LogP contribution >= 0.6 is 0 Å². The van der Waals surface area contributed by atoms with Gasteiger partial charge < -0.3 is 15.2 Å². The highest BCUT2D eigenvalue weighted by Gasteiger charge is 2.23. The van der Waals surface area contributed by atoms with Crippen molar-refractivity contribution in [2.24, 2.45) is 0 Å². The number of hydrogen-bond donors (Lipinski definition) is 2. The fourth-order valence-electron chi connectivity index (χ4n) is 2.07. The average molecular weight is 230 g/mol. The third-order valence-corrected chi connectivity index (χ3v) is 3.08. The van der Waals surface area contributed by atoms with Crippen LogP contribution in [0, 0.1) is 0 Å². The second kappa shape index (κ2) is 8.01. The number of nitrogens with one attached hydrogen (secondary N) is 1. The van der Waals surface area contributed by atoms with E-state index in [0.717, 1.165) is 19.6 Å². The Morgan fingerprint density at radius 2 is 2.25 bits per heavy atom. The summed E-state index contributed by atoms with van der Waals surface area (Å²) in [4.78, 5) is 2.51. The summed E-state index contributed by atoms with van der Waals surface area (Å²) in [5.74, 6) is 0. The summed E-state index contributed by atoms with van der Waals surface area (Å²) < 4.78 is 5.21. The number of rotatable bonds is 8. The lowest BCUT2D eigenvalue weighted by molar-refractivity contribution is 0.0904. The van der Waals surface area contributed by atoms with E-state index < -0.39 is 0 Å². The van der Waals surface area contributed by atoms with Gasteiger partial charge >= 0.3 is 0 Å². The van der Waals surface area contributed by atoms with E-state index in [0.29, 0.717) is 18.7 Å². The first-order valence-electron chi connectivity index (χ1n) is 6.40. The van der Waals surface area contributed by atoms with E-state index in [1.165, 1.54) is 19.5 Å². The highest BCUT2D eigenvalue weighted by Crippen LogP contribution is 2.11. The molecule has 1 rings (SSSR count). The molecule has 1 unspecified atom stereocenters. The Morgan fingerprint density at radius 1 is 1.44 bits per heavy atom. The molecule has 0 spiro atoms. The average Bonchev–Trinajstić information content (AvgIpc) is 2.72. The van der Waals surface area contributed by atoms with Gasteiger partial charge in [0, 0.05) is 25.2 Å². The molecule has 0 radical (unpaired) electrons. The molecule has 0 bridgehead atoms. The molecule has 4 heteroatoms. The molecule has 4 nitrogen and oxygen atoms in total. The first kappa shape index (κ1) is 13.9. The summed E-state index contributed by atoms with van der Waals surface area (Å²) in [6.07, 6.45) is 2.29. The third kappa shape index (κ3) is 5.25. The van der Waals surface area contributed by atoms with Crippen LogP contribution in [0.5, 0.6) is 0 Å². The number of aliphatic hydroxyl groups excluding tert-OH is 1. The van der Waals surface area contributed by atoms with Crippen molar-refractivity contribution < 1.29 is 9.84 Å². The highest BCUT2D eigenvalue weighted by molar-refractivity contribution is 4.82. The van der Waals surface area contributed by atoms with E-state index in [9.17, 15) is 0 Å². The Morgan fingerprint density at radius 3 is 2.88 bits per heavy atom. The summed E-state index contributed by atoms with van der Waals surface area (Å²) in [5.41, 5.74) is 0. The predicted octanol–water partition coefficient (Wildman–Crippen LogP) is 0.458. The predicted molar refractivity (Wildman–Crippen MR) is 65.6 cm³/mol. The van der Waals surface area contributed by atoms with Crippen LogP contribution in [0.1, 0.15) is 26.7 Å². The van der Waals surface area contributed by atoms with Crippen molar-refractivity contribution in [2.75, 3.05) is 39.5 Å². The van der Waals surface area contributed by atoms with Gasteiger partial charge in [0.2, 0.25) is 0 Å². The van der Waals surface area contributed by atoms with E-state index in [1.807, 2.05) is 0 Å². The second-order valence-electron chi connectivity index (χ2n) is 4.72.